The van der Waals surface area contributed by atoms with Gasteiger partial charge < -0.3 is 5.73 Å². The summed E-state index contributed by atoms with van der Waals surface area (Å²) in [6.07, 6.45) is 1.46. The molecule has 0 atom stereocenters. The number of hydrogen-bond acceptors (Lipinski definition) is 3. The Hall–Kier alpha value is -1.07. The van der Waals surface area contributed by atoms with Crippen LogP contribution in [0.15, 0.2) is 24.3 Å². The summed E-state index contributed by atoms with van der Waals surface area (Å²) in [4.78, 5) is 0. The third-order valence-electron chi connectivity index (χ3n) is 3.29. The van der Waals surface area contributed by atoms with Crippen LogP contribution in [0.4, 0.5) is 5.69 Å². The summed E-state index contributed by atoms with van der Waals surface area (Å²) in [5.41, 5.74) is 7.38. The maximum absolute atomic E-state index is 12.6. The first kappa shape index (κ1) is 18.0. The molecule has 1 aromatic rings. The predicted octanol–water partition coefficient (Wildman–Crippen LogP) is 3.25. The van der Waals surface area contributed by atoms with E-state index in [1.54, 1.807) is 4.31 Å². The van der Waals surface area contributed by atoms with Crippen LogP contribution in [0.25, 0.3) is 0 Å². The molecule has 0 bridgehead atoms. The zero-order valence-electron chi connectivity index (χ0n) is 13.6. The van der Waals surface area contributed by atoms with Crippen molar-refractivity contribution in [1.29, 1.82) is 0 Å². The third kappa shape index (κ3) is 6.48. The van der Waals surface area contributed by atoms with E-state index in [1.807, 2.05) is 31.2 Å². The minimum absolute atomic E-state index is 0.0160. The van der Waals surface area contributed by atoms with Gasteiger partial charge in [0.2, 0.25) is 10.0 Å². The van der Waals surface area contributed by atoms with Crippen LogP contribution >= 0.6 is 0 Å². The van der Waals surface area contributed by atoms with E-state index in [9.17, 15) is 8.42 Å². The molecule has 120 valence electrons. The summed E-state index contributed by atoms with van der Waals surface area (Å²) in [6, 6.07) is 7.42. The summed E-state index contributed by atoms with van der Waals surface area (Å²) in [7, 11) is -3.24. The fourth-order valence-electron chi connectivity index (χ4n) is 2.03. The minimum Gasteiger partial charge on any atom is -0.399 e. The van der Waals surface area contributed by atoms with Crippen molar-refractivity contribution in [3.63, 3.8) is 0 Å². The molecule has 0 aliphatic carbocycles. The lowest BCUT2D eigenvalue weighted by atomic mass is 9.94. The quantitative estimate of drug-likeness (QED) is 0.786. The maximum Gasteiger partial charge on any atom is 0.214 e. The Morgan fingerprint density at radius 1 is 1.24 bits per heavy atom. The molecule has 0 fully saturated rings. The molecule has 0 radical (unpaired) electrons. The van der Waals surface area contributed by atoms with E-state index in [0.29, 0.717) is 25.2 Å². The van der Waals surface area contributed by atoms with Crippen molar-refractivity contribution in [2.24, 2.45) is 5.41 Å². The lowest BCUT2D eigenvalue weighted by molar-refractivity contribution is 0.375. The maximum atomic E-state index is 12.6. The molecule has 0 unspecified atom stereocenters. The van der Waals surface area contributed by atoms with Gasteiger partial charge in [-0.05, 0) is 36.0 Å². The van der Waals surface area contributed by atoms with Crippen LogP contribution in [0, 0.1) is 5.41 Å². The SMILES string of the molecule is CCCN(Cc1cccc(N)c1)S(=O)(=O)CCC(C)(C)C. The van der Waals surface area contributed by atoms with E-state index in [0.717, 1.165) is 12.0 Å². The standard InChI is InChI=1S/C16H28N2O2S/c1-5-10-18(13-14-7-6-8-15(17)12-14)21(19,20)11-9-16(2,3)4/h6-8,12H,5,9-11,13,17H2,1-4H3. The highest BCUT2D eigenvalue weighted by Gasteiger charge is 2.24. The van der Waals surface area contributed by atoms with Gasteiger partial charge in [0.25, 0.3) is 0 Å². The summed E-state index contributed by atoms with van der Waals surface area (Å²) >= 11 is 0. The smallest absolute Gasteiger partial charge is 0.214 e. The molecule has 0 spiro atoms. The Kier molecular flexibility index (Phi) is 6.23. The number of nitrogen functional groups attached to an aromatic ring is 1. The third-order valence-corrected chi connectivity index (χ3v) is 5.10. The molecule has 1 aromatic carbocycles. The van der Waals surface area contributed by atoms with E-state index < -0.39 is 10.0 Å². The first-order chi connectivity index (χ1) is 9.64. The van der Waals surface area contributed by atoms with Crippen LogP contribution in [-0.4, -0.2) is 25.0 Å². The van der Waals surface area contributed by atoms with E-state index in [-0.39, 0.29) is 11.2 Å². The lowest BCUT2D eigenvalue weighted by Crippen LogP contribution is -2.34. The van der Waals surface area contributed by atoms with Crippen molar-refractivity contribution in [2.75, 3.05) is 18.0 Å². The van der Waals surface area contributed by atoms with E-state index in [4.69, 9.17) is 5.73 Å². The highest BCUT2D eigenvalue weighted by Crippen LogP contribution is 2.21. The number of nitrogens with two attached hydrogens (primary N) is 1. The largest absolute Gasteiger partial charge is 0.399 e. The molecule has 0 saturated heterocycles. The molecule has 0 aliphatic rings. The van der Waals surface area contributed by atoms with Crippen molar-refractivity contribution in [3.8, 4) is 0 Å². The first-order valence-electron chi connectivity index (χ1n) is 7.46. The molecule has 5 heteroatoms. The van der Waals surface area contributed by atoms with Crippen LogP contribution in [0.5, 0.6) is 0 Å². The topological polar surface area (TPSA) is 63.4 Å². The van der Waals surface area contributed by atoms with E-state index in [1.165, 1.54) is 0 Å². The number of anilines is 1. The lowest BCUT2D eigenvalue weighted by Gasteiger charge is -2.24. The van der Waals surface area contributed by atoms with Crippen LogP contribution in [0.1, 0.15) is 46.1 Å². The number of benzene rings is 1. The summed E-state index contributed by atoms with van der Waals surface area (Å²) in [6.45, 7) is 9.11. The Morgan fingerprint density at radius 3 is 2.43 bits per heavy atom. The summed E-state index contributed by atoms with van der Waals surface area (Å²) in [5.74, 6) is 0.193. The average molecular weight is 312 g/mol. The number of sulfonamides is 1. The Morgan fingerprint density at radius 2 is 1.90 bits per heavy atom. The summed E-state index contributed by atoms with van der Waals surface area (Å²) < 4.78 is 26.7. The van der Waals surface area contributed by atoms with Gasteiger partial charge in [0, 0.05) is 18.8 Å². The van der Waals surface area contributed by atoms with Crippen molar-refractivity contribution >= 4 is 15.7 Å². The molecule has 4 nitrogen and oxygen atoms in total. The van der Waals surface area contributed by atoms with Crippen LogP contribution < -0.4 is 5.73 Å². The van der Waals surface area contributed by atoms with Gasteiger partial charge in [-0.25, -0.2) is 8.42 Å². The fourth-order valence-corrected chi connectivity index (χ4v) is 3.96. The van der Waals surface area contributed by atoms with Gasteiger partial charge >= 0.3 is 0 Å². The zero-order chi connectivity index (χ0) is 16.1. The fraction of sp³-hybridized carbons (Fsp3) is 0.625. The van der Waals surface area contributed by atoms with Crippen molar-refractivity contribution in [3.05, 3.63) is 29.8 Å². The molecule has 2 N–H and O–H groups in total. The van der Waals surface area contributed by atoms with Gasteiger partial charge in [0.15, 0.2) is 0 Å². The van der Waals surface area contributed by atoms with Gasteiger partial charge in [-0.2, -0.15) is 4.31 Å². The van der Waals surface area contributed by atoms with Crippen LogP contribution in [0.2, 0.25) is 0 Å². The molecule has 1 rings (SSSR count). The van der Waals surface area contributed by atoms with E-state index >= 15 is 0 Å². The second kappa shape index (κ2) is 7.27. The van der Waals surface area contributed by atoms with Gasteiger partial charge in [-0.15, -0.1) is 0 Å². The molecule has 21 heavy (non-hydrogen) atoms. The van der Waals surface area contributed by atoms with Crippen molar-refractivity contribution in [2.45, 2.75) is 47.1 Å². The second-order valence-corrected chi connectivity index (χ2v) is 8.79. The summed E-state index contributed by atoms with van der Waals surface area (Å²) in [5, 5.41) is 0. The minimum atomic E-state index is -3.24. The zero-order valence-corrected chi connectivity index (χ0v) is 14.4. The molecule has 0 saturated carbocycles. The van der Waals surface area contributed by atoms with Gasteiger partial charge in [-0.3, -0.25) is 0 Å². The molecule has 0 amide bonds. The Balaban J connectivity index is 2.85. The van der Waals surface area contributed by atoms with Gasteiger partial charge in [-0.1, -0.05) is 39.8 Å². The van der Waals surface area contributed by atoms with Gasteiger partial charge in [0.1, 0.15) is 0 Å². The molecule has 0 aliphatic heterocycles. The first-order valence-corrected chi connectivity index (χ1v) is 9.07. The highest BCUT2D eigenvalue weighted by molar-refractivity contribution is 7.89. The average Bonchev–Trinajstić information content (AvgIpc) is 2.35. The monoisotopic (exact) mass is 312 g/mol. The number of nitrogens with zero attached hydrogens (tertiary/aromatic N) is 1. The van der Waals surface area contributed by atoms with Crippen LogP contribution in [0.3, 0.4) is 0 Å². The normalized spacial score (nSPS) is 12.8. The predicted molar refractivity (Wildman–Crippen MR) is 89.4 cm³/mol. The van der Waals surface area contributed by atoms with Crippen molar-refractivity contribution < 1.29 is 8.42 Å². The Bertz CT molecular complexity index is 548. The highest BCUT2D eigenvalue weighted by atomic mass is 32.2. The Labute approximate surface area is 129 Å². The number of rotatable bonds is 7. The molecule has 0 heterocycles. The van der Waals surface area contributed by atoms with Gasteiger partial charge in [0.05, 0.1) is 5.75 Å². The van der Waals surface area contributed by atoms with Crippen LogP contribution in [-0.2, 0) is 16.6 Å². The number of hydrogen-bond donors (Lipinski definition) is 1. The molecule has 0 aromatic heterocycles. The molecular formula is C16H28N2O2S. The van der Waals surface area contributed by atoms with E-state index in [2.05, 4.69) is 20.8 Å². The second-order valence-electron chi connectivity index (χ2n) is 6.71. The van der Waals surface area contributed by atoms with Crippen molar-refractivity contribution in [1.82, 2.24) is 4.31 Å². The molecular weight excluding hydrogens is 284 g/mol.